The normalized spacial score (nSPS) is 10.5. The summed E-state index contributed by atoms with van der Waals surface area (Å²) >= 11 is 9.31. The molecule has 4 aliphatic carbocycles. The Labute approximate surface area is 588 Å². The number of aromatic nitrogens is 4. The van der Waals surface area contributed by atoms with Gasteiger partial charge in [-0.2, -0.15) is 0 Å². The summed E-state index contributed by atoms with van der Waals surface area (Å²) in [5, 5.41) is 14.4. The number of H-pyrrole nitrogens is 4. The Kier molecular flexibility index (Phi) is 30.4. The van der Waals surface area contributed by atoms with Crippen molar-refractivity contribution in [3.05, 3.63) is 293 Å². The van der Waals surface area contributed by atoms with E-state index in [0.717, 1.165) is 121 Å². The van der Waals surface area contributed by atoms with Crippen LogP contribution >= 0.6 is 47.3 Å². The van der Waals surface area contributed by atoms with Crippen LogP contribution in [-0.2, 0) is 30.4 Å². The van der Waals surface area contributed by atoms with Crippen LogP contribution in [0.5, 0.6) is 0 Å². The van der Waals surface area contributed by atoms with Crippen LogP contribution in [0.4, 0.5) is 0 Å². The molecule has 8 aromatic carbocycles. The van der Waals surface area contributed by atoms with Gasteiger partial charge in [-0.25, -0.2) is 12.3 Å². The third kappa shape index (κ3) is 18.2. The highest BCUT2D eigenvalue weighted by Crippen LogP contribution is 2.41. The quantitative estimate of drug-likeness (QED) is 0.0577. The van der Waals surface area contributed by atoms with Crippen molar-refractivity contribution in [3.8, 4) is 81.1 Å². The molecule has 4 heterocycles. The molecule has 0 amide bonds. The molecule has 0 saturated heterocycles. The number of aliphatic hydroxyl groups is 1. The summed E-state index contributed by atoms with van der Waals surface area (Å²) < 4.78 is 4.52. The van der Waals surface area contributed by atoms with Gasteiger partial charge in [-0.3, -0.25) is 42.9 Å². The molecule has 14 heteroatoms. The van der Waals surface area contributed by atoms with E-state index in [9.17, 15) is 19.2 Å². The number of ether oxygens (including phenoxy) is 1. The second kappa shape index (κ2) is 38.0. The Morgan fingerprint density at radius 3 is 0.781 bits per heavy atom. The van der Waals surface area contributed by atoms with Crippen molar-refractivity contribution in [2.45, 2.75) is 68.2 Å². The molecule has 0 radical (unpaired) electrons. The maximum atomic E-state index is 12.1. The first kappa shape index (κ1) is 77.0. The van der Waals surface area contributed by atoms with E-state index in [1.165, 1.54) is 44.5 Å². The lowest BCUT2D eigenvalue weighted by molar-refractivity contribution is 0.277. The standard InChI is InChI=1S/4C16H11NO.C7H7.C4H.C2H6O.C2H6.CH4O.2CH4.BBr3/c4*18-16-13-8-4-3-7-12(13)14-9-10-5-1-2-6-11(10)15(14)17-16;1-4-5-6-7(2)3;1-3-4-2;1-3-2;2*1-2;;;2-1(3)4/h4*1-8H,9H2,(H,17,18);7H,2-3H3;1H;1-2H3;1-2H3;2H,1H3;2*1H4;/q;;;;2*-1;;;;;;. The fraction of sp³-hybridized carbons (Fsp3) is 0.171. The molecule has 0 unspecified atom stereocenters. The van der Waals surface area contributed by atoms with Crippen molar-refractivity contribution < 1.29 is 9.84 Å². The van der Waals surface area contributed by atoms with Gasteiger partial charge in [0.1, 0.15) is 0 Å². The number of terminal acetylenes is 1. The minimum atomic E-state index is 0. The van der Waals surface area contributed by atoms with Gasteiger partial charge in [0.2, 0.25) is 0 Å². The van der Waals surface area contributed by atoms with E-state index < -0.39 is 0 Å². The fourth-order valence-corrected chi connectivity index (χ4v) is 11.6. The Morgan fingerprint density at radius 1 is 0.417 bits per heavy atom. The average molecular weight is 1460 g/mol. The molecule has 0 fully saturated rings. The zero-order valence-electron chi connectivity index (χ0n) is 53.2. The fourth-order valence-electron chi connectivity index (χ4n) is 11.6. The van der Waals surface area contributed by atoms with Crippen LogP contribution in [0.2, 0.25) is 0 Å². The summed E-state index contributed by atoms with van der Waals surface area (Å²) in [7, 11) is 4.25. The minimum Gasteiger partial charge on any atom is -0.400 e. The van der Waals surface area contributed by atoms with E-state index in [-0.39, 0.29) is 40.3 Å². The van der Waals surface area contributed by atoms with Crippen molar-refractivity contribution in [1.82, 2.24) is 19.9 Å². The maximum absolute atomic E-state index is 12.1. The zero-order valence-corrected chi connectivity index (χ0v) is 57.9. The number of aromatic amines is 4. The molecule has 486 valence electrons. The Morgan fingerprint density at radius 2 is 0.604 bits per heavy atom. The monoisotopic (exact) mass is 1460 g/mol. The predicted octanol–water partition coefficient (Wildman–Crippen LogP) is 18.2. The lowest BCUT2D eigenvalue weighted by atomic mass is 10.0. The van der Waals surface area contributed by atoms with Gasteiger partial charge in [0.15, 0.2) is 0 Å². The molecule has 4 aliphatic rings. The lowest BCUT2D eigenvalue weighted by Gasteiger charge is -2.04. The van der Waals surface area contributed by atoms with Gasteiger partial charge in [-0.15, -0.1) is 47.3 Å². The highest BCUT2D eigenvalue weighted by Gasteiger charge is 2.25. The van der Waals surface area contributed by atoms with E-state index >= 15 is 0 Å². The molecule has 0 aliphatic heterocycles. The second-order valence-corrected chi connectivity index (χ2v) is 27.7. The van der Waals surface area contributed by atoms with Crippen LogP contribution in [0.3, 0.4) is 0 Å². The number of benzene rings is 8. The highest BCUT2D eigenvalue weighted by molar-refractivity contribution is 9.69. The number of hydrogen-bond acceptors (Lipinski definition) is 6. The first-order valence-electron chi connectivity index (χ1n) is 30.2. The zero-order chi connectivity index (χ0) is 67.8. The van der Waals surface area contributed by atoms with Gasteiger partial charge in [-0.05, 0) is 96.2 Å². The second-order valence-electron chi connectivity index (χ2n) is 21.2. The summed E-state index contributed by atoms with van der Waals surface area (Å²) in [4.78, 5) is 60.5. The molecule has 16 rings (SSSR count). The van der Waals surface area contributed by atoms with Crippen molar-refractivity contribution >= 4 is 93.5 Å². The molecule has 10 nitrogen and oxygen atoms in total. The van der Waals surface area contributed by atoms with Crippen molar-refractivity contribution in [1.29, 1.82) is 0 Å². The molecule has 0 saturated carbocycles. The van der Waals surface area contributed by atoms with Crippen molar-refractivity contribution in [2.75, 3.05) is 21.3 Å². The summed E-state index contributed by atoms with van der Waals surface area (Å²) in [6.07, 6.45) is 20.4. The largest absolute Gasteiger partial charge is 0.400 e. The van der Waals surface area contributed by atoms with E-state index in [1.54, 1.807) is 20.1 Å². The van der Waals surface area contributed by atoms with E-state index in [2.05, 4.69) is 139 Å². The molecule has 0 bridgehead atoms. The number of hydrogen-bond donors (Lipinski definition) is 5. The highest BCUT2D eigenvalue weighted by atomic mass is 79.9. The predicted molar refractivity (Wildman–Crippen MR) is 415 cm³/mol. The van der Waals surface area contributed by atoms with Gasteiger partial charge in [-0.1, -0.05) is 212 Å². The maximum Gasteiger partial charge on any atom is 0.369 e. The molecule has 12 aromatic rings. The summed E-state index contributed by atoms with van der Waals surface area (Å²) in [5.41, 5.74) is 18.8. The van der Waals surface area contributed by atoms with E-state index in [0.29, 0.717) is 5.92 Å². The molecule has 96 heavy (non-hydrogen) atoms. The first-order chi connectivity index (χ1) is 45.7. The number of aliphatic hydroxyl groups excluding tert-OH is 1. The Hall–Kier alpha value is -9.74. The molecule has 4 aromatic heterocycles. The third-order valence-corrected chi connectivity index (χ3v) is 15.3. The van der Waals surface area contributed by atoms with E-state index in [4.69, 9.17) is 18.0 Å². The average Bonchev–Trinajstić information content (AvgIpc) is 1.62. The molecular weight excluding hydrogens is 1390 g/mol. The van der Waals surface area contributed by atoms with Gasteiger partial charge in [0.05, 0.1) is 22.8 Å². The number of pyridine rings is 4. The van der Waals surface area contributed by atoms with Gasteiger partial charge < -0.3 is 42.6 Å². The van der Waals surface area contributed by atoms with Crippen LogP contribution in [0.1, 0.15) is 87.1 Å². The van der Waals surface area contributed by atoms with Crippen LogP contribution in [0, 0.1) is 54.8 Å². The lowest BCUT2D eigenvalue weighted by Crippen LogP contribution is -2.08. The SMILES string of the molecule is BrB(Br)Br.C.C.CC.CO.COC.O=c1[nH]c2c(c3ccccc13)Cc1ccccc1-2.O=c1[nH]c2c(c3ccccc13)Cc1ccccc1-2.O=c1[nH]c2c(c3ccccc13)Cc1ccccc1-2.O=c1[nH]c2c(c3ccccc13)Cc1ccccc1-2.[C-]#CC#C.[C-]#CC#CC(C)C. The molecular formula is C82H76BBr3N4O6-2. The van der Waals surface area contributed by atoms with Crippen LogP contribution in [0.25, 0.3) is 88.1 Å². The van der Waals surface area contributed by atoms with Crippen LogP contribution in [-0.4, -0.2) is 49.6 Å². The Balaban J connectivity index is 0.000000209. The molecule has 5 N–H and O–H groups in total. The number of halogens is 3. The summed E-state index contributed by atoms with van der Waals surface area (Å²) in [6, 6.07) is 64.4. The van der Waals surface area contributed by atoms with Crippen molar-refractivity contribution in [2.24, 2.45) is 5.92 Å². The number of methoxy groups -OCH3 is 1. The van der Waals surface area contributed by atoms with Gasteiger partial charge >= 0.3 is 3.18 Å². The smallest absolute Gasteiger partial charge is 0.369 e. The van der Waals surface area contributed by atoms with E-state index in [1.807, 2.05) is 185 Å². The minimum absolute atomic E-state index is 0. The first-order valence-corrected chi connectivity index (χ1v) is 32.9. The Bertz CT molecular complexity index is 4530. The van der Waals surface area contributed by atoms with Gasteiger partial charge in [0.25, 0.3) is 22.2 Å². The number of fused-ring (bicyclic) bond motifs is 20. The van der Waals surface area contributed by atoms with Crippen LogP contribution < -0.4 is 22.2 Å². The topological polar surface area (TPSA) is 161 Å². The van der Waals surface area contributed by atoms with Gasteiger partial charge in [0, 0.05) is 90.8 Å². The summed E-state index contributed by atoms with van der Waals surface area (Å²) in [5.74, 6) is 11.1. The van der Waals surface area contributed by atoms with Crippen LogP contribution in [0.15, 0.2) is 213 Å². The number of rotatable bonds is 0. The summed E-state index contributed by atoms with van der Waals surface area (Å²) in [6.45, 7) is 7.95. The number of nitrogens with one attached hydrogen (secondary N) is 4. The molecule has 0 atom stereocenters. The molecule has 0 spiro atoms. The van der Waals surface area contributed by atoms with Crippen molar-refractivity contribution in [3.63, 3.8) is 0 Å². The third-order valence-electron chi connectivity index (χ3n) is 15.3.